The summed E-state index contributed by atoms with van der Waals surface area (Å²) in [7, 11) is 0. The van der Waals surface area contributed by atoms with E-state index in [0.29, 0.717) is 6.61 Å². The number of carbonyl (C=O) groups excluding carboxylic acids is 1. The molecule has 0 spiro atoms. The summed E-state index contributed by atoms with van der Waals surface area (Å²) in [6.07, 6.45) is 1.26. The van der Waals surface area contributed by atoms with E-state index in [1.165, 1.54) is 53.1 Å². The monoisotopic (exact) mass is 616 g/mol. The molecule has 0 N–H and O–H groups in total. The fraction of sp³-hybridized carbons (Fsp3) is 0.132. The summed E-state index contributed by atoms with van der Waals surface area (Å²) in [6, 6.07) is 45.3. The summed E-state index contributed by atoms with van der Waals surface area (Å²) in [4.78, 5) is 16.0. The van der Waals surface area contributed by atoms with Crippen LogP contribution in [0.15, 0.2) is 155 Å². The first kappa shape index (κ1) is 29.4. The van der Waals surface area contributed by atoms with Gasteiger partial charge in [0.1, 0.15) is 0 Å². The average molecular weight is 617 g/mol. The fourth-order valence-corrected chi connectivity index (χ4v) is 8.81. The number of fused-ring (bicyclic) bond motifs is 3. The Morgan fingerprint density at radius 3 is 1.26 bits per heavy atom. The van der Waals surface area contributed by atoms with E-state index in [9.17, 15) is 4.79 Å². The average Bonchev–Trinajstić information content (AvgIpc) is 3.07. The zero-order chi connectivity index (χ0) is 29.5. The van der Waals surface area contributed by atoms with Crippen LogP contribution in [0.5, 0.6) is 0 Å². The maximum atomic E-state index is 12.4. The van der Waals surface area contributed by atoms with Gasteiger partial charge < -0.3 is 4.74 Å². The zero-order valence-corrected chi connectivity index (χ0v) is 26.2. The molecule has 0 aromatic heterocycles. The first-order chi connectivity index (χ1) is 21.1. The van der Waals surface area contributed by atoms with Gasteiger partial charge in [0.15, 0.2) is 0 Å². The normalized spacial score (nSPS) is 11.6. The van der Waals surface area contributed by atoms with Crippen molar-refractivity contribution >= 4 is 73.6 Å². The topological polar surface area (TPSA) is 26.3 Å². The minimum absolute atomic E-state index is 0.304. The molecule has 6 rings (SSSR count). The van der Waals surface area contributed by atoms with E-state index in [-0.39, 0.29) is 11.4 Å². The van der Waals surface area contributed by atoms with Crippen molar-refractivity contribution < 1.29 is 9.53 Å². The molecular weight excluding hydrogens is 585 g/mol. The molecule has 6 aromatic rings. The van der Waals surface area contributed by atoms with Crippen LogP contribution in [-0.2, 0) is 9.53 Å². The number of hydrogen-bond donors (Lipinski definition) is 0. The van der Waals surface area contributed by atoms with Crippen LogP contribution in [0.1, 0.15) is 0 Å². The Morgan fingerprint density at radius 2 is 0.907 bits per heavy atom. The predicted octanol–water partition coefficient (Wildman–Crippen LogP) is 10.5. The second kappa shape index (κ2) is 13.8. The third-order valence-electron chi connectivity index (χ3n) is 7.49. The molecule has 2 nitrogen and oxygen atoms in total. The lowest BCUT2D eigenvalue weighted by molar-refractivity contribution is -0.140. The Bertz CT molecular complexity index is 1700. The van der Waals surface area contributed by atoms with E-state index in [1.807, 2.05) is 35.3 Å². The molecule has 0 atom stereocenters. The molecule has 0 saturated heterocycles. The van der Waals surface area contributed by atoms with Crippen molar-refractivity contribution in [2.24, 2.45) is 5.41 Å². The number of ether oxygens (including phenoxy) is 1. The van der Waals surface area contributed by atoms with Crippen LogP contribution < -0.4 is 0 Å². The first-order valence-corrected chi connectivity index (χ1v) is 17.2. The van der Waals surface area contributed by atoms with Crippen LogP contribution in [0.3, 0.4) is 0 Å². The minimum Gasteiger partial charge on any atom is -0.462 e. The van der Waals surface area contributed by atoms with Gasteiger partial charge in [0, 0.05) is 43.4 Å². The highest BCUT2D eigenvalue weighted by Gasteiger charge is 2.33. The number of thioether (sulfide) groups is 3. The van der Waals surface area contributed by atoms with Crippen LogP contribution in [0.2, 0.25) is 0 Å². The second-order valence-corrected chi connectivity index (χ2v) is 13.9. The van der Waals surface area contributed by atoms with Crippen molar-refractivity contribution in [1.82, 2.24) is 0 Å². The van der Waals surface area contributed by atoms with Crippen LogP contribution in [0.25, 0.3) is 32.3 Å². The molecule has 6 aromatic carbocycles. The van der Waals surface area contributed by atoms with Crippen LogP contribution in [0.4, 0.5) is 0 Å². The molecule has 0 fully saturated rings. The lowest BCUT2D eigenvalue weighted by atomic mass is 9.97. The maximum absolute atomic E-state index is 12.4. The molecule has 43 heavy (non-hydrogen) atoms. The van der Waals surface area contributed by atoms with Gasteiger partial charge >= 0.3 is 5.97 Å². The Labute approximate surface area is 265 Å². The van der Waals surface area contributed by atoms with Crippen LogP contribution in [-0.4, -0.2) is 29.8 Å². The Morgan fingerprint density at radius 1 is 0.558 bits per heavy atom. The summed E-state index contributed by atoms with van der Waals surface area (Å²) in [5.41, 5.74) is -0.304. The first-order valence-electron chi connectivity index (χ1n) is 14.2. The lowest BCUT2D eigenvalue weighted by Crippen LogP contribution is -2.36. The highest BCUT2D eigenvalue weighted by Crippen LogP contribution is 2.40. The van der Waals surface area contributed by atoms with Crippen molar-refractivity contribution in [3.63, 3.8) is 0 Å². The predicted molar refractivity (Wildman–Crippen MR) is 188 cm³/mol. The second-order valence-electron chi connectivity index (χ2n) is 10.7. The van der Waals surface area contributed by atoms with E-state index in [0.717, 1.165) is 17.3 Å². The summed E-state index contributed by atoms with van der Waals surface area (Å²) in [6.45, 7) is 3.96. The molecule has 0 amide bonds. The van der Waals surface area contributed by atoms with Crippen molar-refractivity contribution in [1.29, 1.82) is 0 Å². The molecule has 0 radical (unpaired) electrons. The molecule has 5 heteroatoms. The molecule has 0 aliphatic heterocycles. The summed E-state index contributed by atoms with van der Waals surface area (Å²) in [5, 5.41) is 7.39. The summed E-state index contributed by atoms with van der Waals surface area (Å²) >= 11 is 5.50. The van der Waals surface area contributed by atoms with Gasteiger partial charge in [-0.3, -0.25) is 0 Å². The molecular formula is C38H32O2S3. The molecule has 0 bridgehead atoms. The quantitative estimate of drug-likeness (QED) is 0.0774. The zero-order valence-electron chi connectivity index (χ0n) is 23.8. The highest BCUT2D eigenvalue weighted by molar-refractivity contribution is 8.01. The standard InChI is InChI=1S/C38H32O2S3/c1-2-37(39)40-24-38(25-41-34-18-15-28-9-3-6-12-31(28)21-34,26-42-35-19-16-29-10-4-7-13-32(29)22-35)27-43-36-20-17-30-11-5-8-14-33(30)23-36/h2-23H,1,24-27H2. The molecule has 0 saturated carbocycles. The molecule has 214 valence electrons. The Kier molecular flexibility index (Phi) is 9.42. The maximum Gasteiger partial charge on any atom is 0.330 e. The number of esters is 1. The molecule has 0 aliphatic rings. The Balaban J connectivity index is 1.29. The molecule has 0 heterocycles. The number of benzene rings is 6. The molecule has 0 aliphatic carbocycles. The van der Waals surface area contributed by atoms with E-state index in [2.05, 4.69) is 134 Å². The largest absolute Gasteiger partial charge is 0.462 e. The van der Waals surface area contributed by atoms with Crippen molar-refractivity contribution in [3.05, 3.63) is 140 Å². The van der Waals surface area contributed by atoms with Gasteiger partial charge in [-0.2, -0.15) is 0 Å². The van der Waals surface area contributed by atoms with E-state index >= 15 is 0 Å². The van der Waals surface area contributed by atoms with E-state index in [4.69, 9.17) is 4.74 Å². The van der Waals surface area contributed by atoms with E-state index in [1.54, 1.807) is 0 Å². The van der Waals surface area contributed by atoms with Gasteiger partial charge in [0.25, 0.3) is 0 Å². The SMILES string of the molecule is C=CC(=O)OCC(CSc1ccc2ccccc2c1)(CSc1ccc2ccccc2c1)CSc1ccc2ccccc2c1. The van der Waals surface area contributed by atoms with Gasteiger partial charge in [-0.15, -0.1) is 35.3 Å². The summed E-state index contributed by atoms with van der Waals surface area (Å²) < 4.78 is 5.84. The van der Waals surface area contributed by atoms with E-state index < -0.39 is 0 Å². The van der Waals surface area contributed by atoms with Crippen molar-refractivity contribution in [2.75, 3.05) is 23.9 Å². The summed E-state index contributed by atoms with van der Waals surface area (Å²) in [5.74, 6) is 2.02. The van der Waals surface area contributed by atoms with Gasteiger partial charge in [-0.05, 0) is 68.7 Å². The van der Waals surface area contributed by atoms with Gasteiger partial charge in [-0.1, -0.05) is 97.6 Å². The smallest absolute Gasteiger partial charge is 0.330 e. The number of hydrogen-bond acceptors (Lipinski definition) is 5. The lowest BCUT2D eigenvalue weighted by Gasteiger charge is -2.32. The third kappa shape index (κ3) is 7.48. The third-order valence-corrected chi connectivity index (χ3v) is 11.5. The Hall–Kier alpha value is -3.64. The van der Waals surface area contributed by atoms with Crippen molar-refractivity contribution in [3.8, 4) is 0 Å². The fourth-order valence-electron chi connectivity index (χ4n) is 5.01. The van der Waals surface area contributed by atoms with Crippen molar-refractivity contribution in [2.45, 2.75) is 14.7 Å². The van der Waals surface area contributed by atoms with Gasteiger partial charge in [0.05, 0.1) is 6.61 Å². The number of rotatable bonds is 12. The minimum atomic E-state index is -0.383. The van der Waals surface area contributed by atoms with Crippen LogP contribution >= 0.6 is 35.3 Å². The highest BCUT2D eigenvalue weighted by atomic mass is 32.2. The van der Waals surface area contributed by atoms with Crippen LogP contribution in [0, 0.1) is 5.41 Å². The van der Waals surface area contributed by atoms with Gasteiger partial charge in [0.2, 0.25) is 0 Å². The molecule has 0 unspecified atom stereocenters. The van der Waals surface area contributed by atoms with Gasteiger partial charge in [-0.25, -0.2) is 4.79 Å². The number of carbonyl (C=O) groups is 1.